The summed E-state index contributed by atoms with van der Waals surface area (Å²) in [6.07, 6.45) is -0.531. The number of aliphatic hydroxyl groups is 1. The molecule has 0 aliphatic carbocycles. The number of nitrogens with one attached hydrogen (secondary N) is 1. The van der Waals surface area contributed by atoms with Crippen molar-refractivity contribution in [2.75, 3.05) is 13.3 Å². The molecular weight excluding hydrogens is 334 g/mol. The summed E-state index contributed by atoms with van der Waals surface area (Å²) in [7, 11) is 0. The summed E-state index contributed by atoms with van der Waals surface area (Å²) >= 11 is 3.41. The van der Waals surface area contributed by atoms with Gasteiger partial charge in [-0.15, -0.1) is 0 Å². The molecule has 2 N–H and O–H groups in total. The van der Waals surface area contributed by atoms with Crippen LogP contribution in [0, 0.1) is 0 Å². The molecule has 1 unspecified atom stereocenters. The molecule has 1 atom stereocenters. The number of rotatable bonds is 5. The Morgan fingerprint density at radius 2 is 2.00 bits per heavy atom. The number of fused-ring (bicyclic) bond motifs is 1. The van der Waals surface area contributed by atoms with Gasteiger partial charge < -0.3 is 19.9 Å². The molecule has 0 saturated carbocycles. The van der Waals surface area contributed by atoms with Crippen molar-refractivity contribution in [3.05, 3.63) is 58.1 Å². The van der Waals surface area contributed by atoms with E-state index in [9.17, 15) is 5.11 Å². The highest BCUT2D eigenvalue weighted by molar-refractivity contribution is 9.10. The molecule has 0 radical (unpaired) electrons. The van der Waals surface area contributed by atoms with Gasteiger partial charge >= 0.3 is 0 Å². The van der Waals surface area contributed by atoms with Gasteiger partial charge in [-0.05, 0) is 35.4 Å². The van der Waals surface area contributed by atoms with Crippen LogP contribution in [0.5, 0.6) is 11.5 Å². The summed E-state index contributed by atoms with van der Waals surface area (Å²) in [6, 6.07) is 13.6. The molecule has 0 spiro atoms. The zero-order valence-electron chi connectivity index (χ0n) is 11.4. The number of hydrogen-bond donors (Lipinski definition) is 2. The zero-order chi connectivity index (χ0) is 14.7. The van der Waals surface area contributed by atoms with E-state index in [0.29, 0.717) is 13.1 Å². The zero-order valence-corrected chi connectivity index (χ0v) is 13.0. The van der Waals surface area contributed by atoms with E-state index in [2.05, 4.69) is 21.2 Å². The first kappa shape index (κ1) is 14.4. The minimum Gasteiger partial charge on any atom is -0.454 e. The minimum atomic E-state index is -0.531. The average Bonchev–Trinajstić information content (AvgIpc) is 2.94. The maximum absolute atomic E-state index is 10.1. The first-order valence-corrected chi connectivity index (χ1v) is 7.54. The lowest BCUT2D eigenvalue weighted by atomic mass is 10.1. The molecule has 5 heteroatoms. The Balaban J connectivity index is 1.54. The Morgan fingerprint density at radius 1 is 1.14 bits per heavy atom. The summed E-state index contributed by atoms with van der Waals surface area (Å²) < 4.78 is 11.6. The van der Waals surface area contributed by atoms with E-state index in [-0.39, 0.29) is 6.79 Å². The Kier molecular flexibility index (Phi) is 4.43. The first-order valence-electron chi connectivity index (χ1n) is 6.75. The van der Waals surface area contributed by atoms with E-state index < -0.39 is 6.10 Å². The van der Waals surface area contributed by atoms with Gasteiger partial charge in [-0.2, -0.15) is 0 Å². The molecule has 0 fully saturated rings. The maximum atomic E-state index is 10.1. The van der Waals surface area contributed by atoms with Crippen LogP contribution in [0.4, 0.5) is 0 Å². The topological polar surface area (TPSA) is 50.7 Å². The third kappa shape index (κ3) is 3.56. The number of halogens is 1. The predicted molar refractivity (Wildman–Crippen MR) is 83.4 cm³/mol. The molecule has 3 rings (SSSR count). The summed E-state index contributed by atoms with van der Waals surface area (Å²) in [5, 5.41) is 13.4. The molecular formula is C16H16BrNO3. The van der Waals surface area contributed by atoms with Crippen LogP contribution >= 0.6 is 15.9 Å². The van der Waals surface area contributed by atoms with E-state index in [1.165, 1.54) is 0 Å². The highest BCUT2D eigenvalue weighted by Gasteiger charge is 2.13. The summed E-state index contributed by atoms with van der Waals surface area (Å²) in [5.41, 5.74) is 1.99. The van der Waals surface area contributed by atoms with Crippen LogP contribution in [-0.2, 0) is 6.54 Å². The second kappa shape index (κ2) is 6.47. The molecule has 0 bridgehead atoms. The van der Waals surface area contributed by atoms with Crippen LogP contribution in [0.1, 0.15) is 17.2 Å². The van der Waals surface area contributed by atoms with Crippen molar-refractivity contribution in [1.29, 1.82) is 0 Å². The molecule has 1 aliphatic rings. The van der Waals surface area contributed by atoms with Crippen LogP contribution < -0.4 is 14.8 Å². The van der Waals surface area contributed by atoms with E-state index in [4.69, 9.17) is 9.47 Å². The first-order chi connectivity index (χ1) is 10.2. The standard InChI is InChI=1S/C16H16BrNO3/c17-13-3-1-2-12(7-13)14(19)9-18-8-11-4-5-15-16(6-11)21-10-20-15/h1-7,14,18-19H,8-10H2. The molecule has 0 saturated heterocycles. The van der Waals surface area contributed by atoms with Crippen LogP contribution in [-0.4, -0.2) is 18.4 Å². The van der Waals surface area contributed by atoms with Gasteiger partial charge in [-0.1, -0.05) is 34.1 Å². The van der Waals surface area contributed by atoms with E-state index in [1.807, 2.05) is 42.5 Å². The molecule has 0 amide bonds. The third-order valence-corrected chi connectivity index (χ3v) is 3.83. The summed E-state index contributed by atoms with van der Waals surface area (Å²) in [5.74, 6) is 1.56. The second-order valence-corrected chi connectivity index (χ2v) is 5.80. The van der Waals surface area contributed by atoms with Crippen LogP contribution in [0.15, 0.2) is 46.9 Å². The molecule has 1 aliphatic heterocycles. The van der Waals surface area contributed by atoms with Gasteiger partial charge in [-0.3, -0.25) is 0 Å². The van der Waals surface area contributed by atoms with Crippen molar-refractivity contribution in [2.24, 2.45) is 0 Å². The number of benzene rings is 2. The lowest BCUT2D eigenvalue weighted by Gasteiger charge is -2.13. The van der Waals surface area contributed by atoms with Gasteiger partial charge in [0.2, 0.25) is 6.79 Å². The van der Waals surface area contributed by atoms with Gasteiger partial charge in [-0.25, -0.2) is 0 Å². The fourth-order valence-corrected chi connectivity index (χ4v) is 2.65. The smallest absolute Gasteiger partial charge is 0.231 e. The van der Waals surface area contributed by atoms with Crippen molar-refractivity contribution in [3.63, 3.8) is 0 Å². The molecule has 110 valence electrons. The second-order valence-electron chi connectivity index (χ2n) is 4.89. The number of aliphatic hydroxyl groups excluding tert-OH is 1. The maximum Gasteiger partial charge on any atom is 0.231 e. The van der Waals surface area contributed by atoms with Gasteiger partial charge in [0, 0.05) is 17.6 Å². The van der Waals surface area contributed by atoms with E-state index >= 15 is 0 Å². The third-order valence-electron chi connectivity index (χ3n) is 3.34. The molecule has 21 heavy (non-hydrogen) atoms. The SMILES string of the molecule is OC(CNCc1ccc2c(c1)OCO2)c1cccc(Br)c1. The van der Waals surface area contributed by atoms with Gasteiger partial charge in [0.1, 0.15) is 0 Å². The molecule has 2 aromatic rings. The monoisotopic (exact) mass is 349 g/mol. The number of ether oxygens (including phenoxy) is 2. The average molecular weight is 350 g/mol. The van der Waals surface area contributed by atoms with Crippen LogP contribution in [0.25, 0.3) is 0 Å². The Bertz CT molecular complexity index is 633. The fourth-order valence-electron chi connectivity index (χ4n) is 2.24. The Morgan fingerprint density at radius 3 is 2.86 bits per heavy atom. The highest BCUT2D eigenvalue weighted by Crippen LogP contribution is 2.32. The lowest BCUT2D eigenvalue weighted by Crippen LogP contribution is -2.21. The largest absolute Gasteiger partial charge is 0.454 e. The summed E-state index contributed by atoms with van der Waals surface area (Å²) in [6.45, 7) is 1.44. The normalized spacial score (nSPS) is 14.2. The van der Waals surface area contributed by atoms with Crippen LogP contribution in [0.2, 0.25) is 0 Å². The molecule has 0 aromatic heterocycles. The predicted octanol–water partition coefficient (Wildman–Crippen LogP) is 3.00. The molecule has 1 heterocycles. The summed E-state index contributed by atoms with van der Waals surface area (Å²) in [4.78, 5) is 0. The van der Waals surface area contributed by atoms with Crippen molar-refractivity contribution in [2.45, 2.75) is 12.6 Å². The van der Waals surface area contributed by atoms with E-state index in [0.717, 1.165) is 27.1 Å². The Hall–Kier alpha value is -1.56. The number of hydrogen-bond acceptors (Lipinski definition) is 4. The van der Waals surface area contributed by atoms with Crippen molar-refractivity contribution >= 4 is 15.9 Å². The Labute approximate surface area is 131 Å². The van der Waals surface area contributed by atoms with Gasteiger partial charge in [0.25, 0.3) is 0 Å². The van der Waals surface area contributed by atoms with Crippen molar-refractivity contribution in [3.8, 4) is 11.5 Å². The molecule has 2 aromatic carbocycles. The van der Waals surface area contributed by atoms with Gasteiger partial charge in [0.15, 0.2) is 11.5 Å². The minimum absolute atomic E-state index is 0.286. The van der Waals surface area contributed by atoms with E-state index in [1.54, 1.807) is 0 Å². The lowest BCUT2D eigenvalue weighted by molar-refractivity contribution is 0.173. The quantitative estimate of drug-likeness (QED) is 0.871. The van der Waals surface area contributed by atoms with Gasteiger partial charge in [0.05, 0.1) is 6.10 Å². The van der Waals surface area contributed by atoms with Crippen molar-refractivity contribution in [1.82, 2.24) is 5.32 Å². The van der Waals surface area contributed by atoms with Crippen molar-refractivity contribution < 1.29 is 14.6 Å². The fraction of sp³-hybridized carbons (Fsp3) is 0.250. The molecule has 4 nitrogen and oxygen atoms in total. The highest BCUT2D eigenvalue weighted by atomic mass is 79.9. The van der Waals surface area contributed by atoms with Crippen LogP contribution in [0.3, 0.4) is 0 Å².